The summed E-state index contributed by atoms with van der Waals surface area (Å²) in [5, 5.41) is 12.2. The van der Waals surface area contributed by atoms with Crippen LogP contribution in [0, 0.1) is 0 Å². The van der Waals surface area contributed by atoms with Crippen molar-refractivity contribution in [1.82, 2.24) is 0 Å². The Morgan fingerprint density at radius 1 is 1.53 bits per heavy atom. The predicted octanol–water partition coefficient (Wildman–Crippen LogP) is 1.46. The minimum Gasteiger partial charge on any atom is -0.492 e. The molecule has 0 aromatic heterocycles. The normalized spacial score (nSPS) is 12.2. The van der Waals surface area contributed by atoms with E-state index in [1.54, 1.807) is 13.0 Å². The summed E-state index contributed by atoms with van der Waals surface area (Å²) in [5.41, 5.74) is 7.25. The van der Waals surface area contributed by atoms with Gasteiger partial charge in [-0.25, -0.2) is 0 Å². The van der Waals surface area contributed by atoms with Crippen LogP contribution in [0.2, 0.25) is 0 Å². The molecule has 1 aromatic carbocycles. The van der Waals surface area contributed by atoms with Crippen molar-refractivity contribution in [3.05, 3.63) is 18.2 Å². The summed E-state index contributed by atoms with van der Waals surface area (Å²) in [6, 6.07) is 5.48. The van der Waals surface area contributed by atoms with E-state index in [-0.39, 0.29) is 6.10 Å². The van der Waals surface area contributed by atoms with E-state index in [1.807, 2.05) is 19.1 Å². The fourth-order valence-electron chi connectivity index (χ4n) is 1.19. The summed E-state index contributed by atoms with van der Waals surface area (Å²) in [6.45, 7) is 4.74. The molecule has 1 unspecified atom stereocenters. The lowest BCUT2D eigenvalue weighted by Crippen LogP contribution is -2.15. The lowest BCUT2D eigenvalue weighted by atomic mass is 10.2. The molecule has 84 valence electrons. The molecule has 0 aliphatic rings. The van der Waals surface area contributed by atoms with Crippen LogP contribution in [0.5, 0.6) is 5.75 Å². The monoisotopic (exact) mass is 210 g/mol. The zero-order valence-electron chi connectivity index (χ0n) is 9.16. The quantitative estimate of drug-likeness (QED) is 0.644. The third-order valence-corrected chi connectivity index (χ3v) is 1.92. The Bertz CT molecular complexity index is 313. The van der Waals surface area contributed by atoms with Crippen LogP contribution in [0.3, 0.4) is 0 Å². The first-order chi connectivity index (χ1) is 7.13. The zero-order valence-corrected chi connectivity index (χ0v) is 9.16. The van der Waals surface area contributed by atoms with Gasteiger partial charge >= 0.3 is 0 Å². The number of ether oxygens (including phenoxy) is 1. The van der Waals surface area contributed by atoms with Gasteiger partial charge in [0.05, 0.1) is 18.4 Å². The SMILES string of the molecule is CCOc1cc(NCC(C)O)ccc1N. The smallest absolute Gasteiger partial charge is 0.144 e. The minimum absolute atomic E-state index is 0.377. The van der Waals surface area contributed by atoms with E-state index >= 15 is 0 Å². The van der Waals surface area contributed by atoms with Gasteiger partial charge in [0.25, 0.3) is 0 Å². The molecule has 0 saturated heterocycles. The second kappa shape index (κ2) is 5.46. The number of nitrogens with one attached hydrogen (secondary N) is 1. The lowest BCUT2D eigenvalue weighted by Gasteiger charge is -2.11. The molecule has 0 amide bonds. The fraction of sp³-hybridized carbons (Fsp3) is 0.455. The summed E-state index contributed by atoms with van der Waals surface area (Å²) < 4.78 is 5.36. The summed E-state index contributed by atoms with van der Waals surface area (Å²) in [4.78, 5) is 0. The predicted molar refractivity (Wildman–Crippen MR) is 62.2 cm³/mol. The molecule has 15 heavy (non-hydrogen) atoms. The van der Waals surface area contributed by atoms with Crippen LogP contribution >= 0.6 is 0 Å². The Morgan fingerprint density at radius 3 is 2.87 bits per heavy atom. The van der Waals surface area contributed by atoms with E-state index in [2.05, 4.69) is 5.32 Å². The number of benzene rings is 1. The van der Waals surface area contributed by atoms with Crippen LogP contribution < -0.4 is 15.8 Å². The van der Waals surface area contributed by atoms with Crippen molar-refractivity contribution in [1.29, 1.82) is 0 Å². The highest BCUT2D eigenvalue weighted by Crippen LogP contribution is 2.25. The van der Waals surface area contributed by atoms with Gasteiger partial charge in [-0.05, 0) is 26.0 Å². The topological polar surface area (TPSA) is 67.5 Å². The standard InChI is InChI=1S/C11H18N2O2/c1-3-15-11-6-9(4-5-10(11)12)13-7-8(2)14/h4-6,8,13-14H,3,7,12H2,1-2H3. The van der Waals surface area contributed by atoms with E-state index in [0.29, 0.717) is 24.6 Å². The number of hydrogen-bond donors (Lipinski definition) is 3. The van der Waals surface area contributed by atoms with Crippen LogP contribution in [0.1, 0.15) is 13.8 Å². The third kappa shape index (κ3) is 3.67. The number of anilines is 2. The first-order valence-electron chi connectivity index (χ1n) is 5.07. The number of rotatable bonds is 5. The van der Waals surface area contributed by atoms with Crippen LogP contribution in [-0.4, -0.2) is 24.4 Å². The summed E-state index contributed by atoms with van der Waals surface area (Å²) in [6.07, 6.45) is -0.377. The number of nitrogen functional groups attached to an aromatic ring is 1. The van der Waals surface area contributed by atoms with Crippen molar-refractivity contribution < 1.29 is 9.84 Å². The number of hydrogen-bond acceptors (Lipinski definition) is 4. The molecule has 0 bridgehead atoms. The van der Waals surface area contributed by atoms with Gasteiger partial charge in [0.15, 0.2) is 0 Å². The molecule has 1 aromatic rings. The maximum atomic E-state index is 9.12. The van der Waals surface area contributed by atoms with Crippen molar-refractivity contribution in [2.24, 2.45) is 0 Å². The highest BCUT2D eigenvalue weighted by Gasteiger charge is 2.02. The summed E-state index contributed by atoms with van der Waals surface area (Å²) >= 11 is 0. The van der Waals surface area contributed by atoms with Crippen LogP contribution in [0.15, 0.2) is 18.2 Å². The first kappa shape index (κ1) is 11.7. The lowest BCUT2D eigenvalue weighted by molar-refractivity contribution is 0.208. The van der Waals surface area contributed by atoms with Gasteiger partial charge in [0.1, 0.15) is 5.75 Å². The Labute approximate surface area is 90.1 Å². The molecule has 0 aliphatic carbocycles. The van der Waals surface area contributed by atoms with Gasteiger partial charge in [-0.1, -0.05) is 0 Å². The molecule has 0 radical (unpaired) electrons. The summed E-state index contributed by atoms with van der Waals surface area (Å²) in [5.74, 6) is 0.674. The Hall–Kier alpha value is -1.42. The summed E-state index contributed by atoms with van der Waals surface area (Å²) in [7, 11) is 0. The van der Waals surface area contributed by atoms with Gasteiger partial charge in [-0.2, -0.15) is 0 Å². The van der Waals surface area contributed by atoms with Gasteiger partial charge in [-0.15, -0.1) is 0 Å². The maximum absolute atomic E-state index is 9.12. The van der Waals surface area contributed by atoms with Gasteiger partial charge in [0.2, 0.25) is 0 Å². The molecule has 0 aliphatic heterocycles. The molecular weight excluding hydrogens is 192 g/mol. The second-order valence-corrected chi connectivity index (χ2v) is 3.42. The average molecular weight is 210 g/mol. The highest BCUT2D eigenvalue weighted by molar-refractivity contribution is 5.61. The molecule has 1 atom stereocenters. The average Bonchev–Trinajstić information content (AvgIpc) is 2.19. The third-order valence-electron chi connectivity index (χ3n) is 1.92. The number of nitrogens with two attached hydrogens (primary N) is 1. The molecule has 0 fully saturated rings. The molecule has 0 heterocycles. The van der Waals surface area contributed by atoms with Gasteiger partial charge < -0.3 is 20.9 Å². The maximum Gasteiger partial charge on any atom is 0.144 e. The molecule has 4 N–H and O–H groups in total. The fourth-order valence-corrected chi connectivity index (χ4v) is 1.19. The Balaban J connectivity index is 2.69. The molecule has 1 rings (SSSR count). The molecule has 0 spiro atoms. The number of aliphatic hydroxyl groups is 1. The van der Waals surface area contributed by atoms with Crippen LogP contribution in [-0.2, 0) is 0 Å². The second-order valence-electron chi connectivity index (χ2n) is 3.42. The minimum atomic E-state index is -0.377. The van der Waals surface area contributed by atoms with Crippen LogP contribution in [0.25, 0.3) is 0 Å². The Kier molecular flexibility index (Phi) is 4.24. The molecule has 0 saturated carbocycles. The van der Waals surface area contributed by atoms with Crippen molar-refractivity contribution in [2.45, 2.75) is 20.0 Å². The molecule has 4 heteroatoms. The van der Waals surface area contributed by atoms with Crippen LogP contribution in [0.4, 0.5) is 11.4 Å². The van der Waals surface area contributed by atoms with Crippen molar-refractivity contribution in [3.63, 3.8) is 0 Å². The number of aliphatic hydroxyl groups excluding tert-OH is 1. The van der Waals surface area contributed by atoms with E-state index in [1.165, 1.54) is 0 Å². The van der Waals surface area contributed by atoms with Crippen molar-refractivity contribution in [3.8, 4) is 5.75 Å². The molecular formula is C11H18N2O2. The van der Waals surface area contributed by atoms with Gasteiger partial charge in [-0.3, -0.25) is 0 Å². The van der Waals surface area contributed by atoms with Gasteiger partial charge in [0, 0.05) is 18.3 Å². The highest BCUT2D eigenvalue weighted by atomic mass is 16.5. The van der Waals surface area contributed by atoms with Crippen molar-refractivity contribution >= 4 is 11.4 Å². The van der Waals surface area contributed by atoms with Crippen molar-refractivity contribution in [2.75, 3.05) is 24.2 Å². The van der Waals surface area contributed by atoms with E-state index in [0.717, 1.165) is 5.69 Å². The van der Waals surface area contributed by atoms with E-state index in [4.69, 9.17) is 15.6 Å². The largest absolute Gasteiger partial charge is 0.492 e. The van der Waals surface area contributed by atoms with E-state index in [9.17, 15) is 0 Å². The zero-order chi connectivity index (χ0) is 11.3. The van der Waals surface area contributed by atoms with E-state index < -0.39 is 0 Å². The molecule has 4 nitrogen and oxygen atoms in total. The first-order valence-corrected chi connectivity index (χ1v) is 5.07. The Morgan fingerprint density at radius 2 is 2.27 bits per heavy atom.